The van der Waals surface area contributed by atoms with Gasteiger partial charge in [0.05, 0.1) is 0 Å². The molecular weight excluding hydrogens is 134 g/mol. The van der Waals surface area contributed by atoms with E-state index in [9.17, 15) is 0 Å². The second-order valence-electron chi connectivity index (χ2n) is 1.75. The quantitative estimate of drug-likeness (QED) is 0.330. The van der Waals surface area contributed by atoms with Gasteiger partial charge in [0.15, 0.2) is 5.11 Å². The minimum absolute atomic E-state index is 0.594. The largest absolute Gasteiger partial charge is 0.365 e. The maximum atomic E-state index is 5.47. The van der Waals surface area contributed by atoms with E-state index in [0.29, 0.717) is 5.11 Å². The lowest BCUT2D eigenvalue weighted by Crippen LogP contribution is -2.43. The predicted molar refractivity (Wildman–Crippen MR) is 42.8 cm³/mol. The van der Waals surface area contributed by atoms with Crippen LogP contribution in [0.2, 0.25) is 0 Å². The third-order valence-corrected chi connectivity index (χ3v) is 1.38. The van der Waals surface area contributed by atoms with Crippen LogP contribution in [0.15, 0.2) is 0 Å². The fraction of sp³-hybridized carbons (Fsp3) is 0.800. The molecule has 0 unspecified atom stereocenters. The molecule has 54 valence electrons. The van der Waals surface area contributed by atoms with Crippen molar-refractivity contribution in [1.29, 1.82) is 0 Å². The monoisotopic (exact) mass is 147 g/mol. The maximum absolute atomic E-state index is 5.47. The molecule has 4 heteroatoms. The highest BCUT2D eigenvalue weighted by atomic mass is 32.1. The number of nitrogens with two attached hydrogens (primary N) is 1. The van der Waals surface area contributed by atoms with E-state index in [1.54, 1.807) is 7.05 Å². The fourth-order valence-electron chi connectivity index (χ4n) is 0.486. The molecule has 0 aliphatic rings. The van der Waals surface area contributed by atoms with E-state index >= 15 is 0 Å². The molecule has 0 aromatic carbocycles. The summed E-state index contributed by atoms with van der Waals surface area (Å²) in [6.07, 6.45) is 1.01. The van der Waals surface area contributed by atoms with Crippen molar-refractivity contribution in [3.8, 4) is 0 Å². The van der Waals surface area contributed by atoms with Crippen molar-refractivity contribution in [3.05, 3.63) is 0 Å². The van der Waals surface area contributed by atoms with Crippen LogP contribution in [-0.4, -0.2) is 23.7 Å². The molecule has 0 spiro atoms. The summed E-state index contributed by atoms with van der Waals surface area (Å²) in [6, 6.07) is 0. The molecule has 0 amide bonds. The van der Waals surface area contributed by atoms with Gasteiger partial charge in [0.2, 0.25) is 0 Å². The molecule has 0 heterocycles. The van der Waals surface area contributed by atoms with E-state index in [2.05, 4.69) is 12.2 Å². The van der Waals surface area contributed by atoms with E-state index < -0.39 is 0 Å². The van der Waals surface area contributed by atoms with E-state index in [4.69, 9.17) is 18.1 Å². The third-order valence-electron chi connectivity index (χ3n) is 0.939. The van der Waals surface area contributed by atoms with Crippen LogP contribution in [0, 0.1) is 0 Å². The highest BCUT2D eigenvalue weighted by Crippen LogP contribution is 1.82. The first-order valence-corrected chi connectivity index (χ1v) is 3.37. The van der Waals surface area contributed by atoms with Crippen LogP contribution in [0.5, 0.6) is 0 Å². The van der Waals surface area contributed by atoms with Gasteiger partial charge in [-0.3, -0.25) is 5.01 Å². The van der Waals surface area contributed by atoms with Gasteiger partial charge in [-0.05, 0) is 18.6 Å². The topological polar surface area (TPSA) is 41.3 Å². The Morgan fingerprint density at radius 1 is 1.78 bits per heavy atom. The van der Waals surface area contributed by atoms with Crippen molar-refractivity contribution in [3.63, 3.8) is 0 Å². The number of nitrogens with one attached hydrogen (secondary N) is 1. The van der Waals surface area contributed by atoms with Crippen LogP contribution >= 0.6 is 12.2 Å². The first kappa shape index (κ1) is 8.65. The van der Waals surface area contributed by atoms with Crippen molar-refractivity contribution in [2.24, 2.45) is 5.84 Å². The van der Waals surface area contributed by atoms with Crippen molar-refractivity contribution >= 4 is 17.3 Å². The Hall–Kier alpha value is -0.350. The lowest BCUT2D eigenvalue weighted by molar-refractivity contribution is 0.434. The molecule has 0 saturated carbocycles. The number of nitrogens with zero attached hydrogens (tertiary/aromatic N) is 1. The molecular formula is C5H13N3S. The Bertz CT molecular complexity index is 94.2. The standard InChI is InChI=1S/C5H13N3S/c1-3-4-8(6)5(9)7-2/h3-4,6H2,1-2H3,(H,7,9). The second-order valence-corrected chi connectivity index (χ2v) is 2.14. The lowest BCUT2D eigenvalue weighted by atomic mass is 10.5. The summed E-state index contributed by atoms with van der Waals surface area (Å²) >= 11 is 4.83. The molecule has 0 aliphatic heterocycles. The molecule has 3 N–H and O–H groups in total. The number of thiocarbonyl (C=S) groups is 1. The Balaban J connectivity index is 3.45. The Labute approximate surface area is 61.2 Å². The average Bonchev–Trinajstić information content (AvgIpc) is 1.87. The molecule has 0 saturated heterocycles. The summed E-state index contributed by atoms with van der Waals surface area (Å²) in [7, 11) is 1.76. The zero-order valence-electron chi connectivity index (χ0n) is 5.85. The minimum Gasteiger partial charge on any atom is -0.365 e. The van der Waals surface area contributed by atoms with Gasteiger partial charge < -0.3 is 5.32 Å². The van der Waals surface area contributed by atoms with Crippen molar-refractivity contribution < 1.29 is 0 Å². The highest BCUT2D eigenvalue weighted by molar-refractivity contribution is 7.80. The lowest BCUT2D eigenvalue weighted by Gasteiger charge is -2.16. The van der Waals surface area contributed by atoms with Crippen LogP contribution < -0.4 is 11.2 Å². The first-order valence-electron chi connectivity index (χ1n) is 2.96. The number of rotatable bonds is 2. The van der Waals surface area contributed by atoms with Crippen LogP contribution in [0.4, 0.5) is 0 Å². The fourth-order valence-corrected chi connectivity index (χ4v) is 0.577. The summed E-state index contributed by atoms with van der Waals surface area (Å²) in [5.74, 6) is 5.47. The molecule has 3 nitrogen and oxygen atoms in total. The Kier molecular flexibility index (Phi) is 4.35. The van der Waals surface area contributed by atoms with Gasteiger partial charge in [-0.25, -0.2) is 5.84 Å². The van der Waals surface area contributed by atoms with E-state index in [1.807, 2.05) is 0 Å². The number of hydrogen-bond acceptors (Lipinski definition) is 2. The van der Waals surface area contributed by atoms with E-state index in [-0.39, 0.29) is 0 Å². The van der Waals surface area contributed by atoms with Gasteiger partial charge in [-0.15, -0.1) is 0 Å². The first-order chi connectivity index (χ1) is 4.22. The van der Waals surface area contributed by atoms with Gasteiger partial charge >= 0.3 is 0 Å². The van der Waals surface area contributed by atoms with Crippen molar-refractivity contribution in [2.45, 2.75) is 13.3 Å². The molecule has 0 aromatic rings. The van der Waals surface area contributed by atoms with Gasteiger partial charge in [0.1, 0.15) is 0 Å². The number of hydrazine groups is 1. The van der Waals surface area contributed by atoms with Gasteiger partial charge in [0.25, 0.3) is 0 Å². The van der Waals surface area contributed by atoms with Crippen LogP contribution in [0.1, 0.15) is 13.3 Å². The molecule has 0 rings (SSSR count). The van der Waals surface area contributed by atoms with Crippen LogP contribution in [0.3, 0.4) is 0 Å². The average molecular weight is 147 g/mol. The van der Waals surface area contributed by atoms with E-state index in [0.717, 1.165) is 13.0 Å². The smallest absolute Gasteiger partial charge is 0.183 e. The summed E-state index contributed by atoms with van der Waals surface area (Å²) in [6.45, 7) is 2.86. The molecule has 0 aliphatic carbocycles. The molecule has 9 heavy (non-hydrogen) atoms. The van der Waals surface area contributed by atoms with Crippen molar-refractivity contribution in [1.82, 2.24) is 10.3 Å². The Morgan fingerprint density at radius 3 is 2.67 bits per heavy atom. The molecule has 0 bridgehead atoms. The number of hydrogen-bond donors (Lipinski definition) is 2. The summed E-state index contributed by atoms with van der Waals surface area (Å²) < 4.78 is 0. The minimum atomic E-state index is 0.594. The highest BCUT2D eigenvalue weighted by Gasteiger charge is 1.97. The summed E-state index contributed by atoms with van der Waals surface area (Å²) in [5, 5.41) is 4.90. The Morgan fingerprint density at radius 2 is 2.33 bits per heavy atom. The summed E-state index contributed by atoms with van der Waals surface area (Å²) in [5.41, 5.74) is 0. The molecule has 0 aromatic heterocycles. The van der Waals surface area contributed by atoms with Gasteiger partial charge in [0, 0.05) is 13.6 Å². The maximum Gasteiger partial charge on any atom is 0.183 e. The van der Waals surface area contributed by atoms with E-state index in [1.165, 1.54) is 5.01 Å². The third kappa shape index (κ3) is 3.26. The zero-order chi connectivity index (χ0) is 7.28. The second kappa shape index (κ2) is 4.52. The van der Waals surface area contributed by atoms with Crippen LogP contribution in [0.25, 0.3) is 0 Å². The SMILES string of the molecule is CCCN(N)C(=S)NC. The molecule has 0 radical (unpaired) electrons. The normalized spacial score (nSPS) is 8.78. The van der Waals surface area contributed by atoms with Gasteiger partial charge in [-0.1, -0.05) is 6.92 Å². The summed E-state index contributed by atoms with van der Waals surface area (Å²) in [4.78, 5) is 0. The van der Waals surface area contributed by atoms with Crippen LogP contribution in [-0.2, 0) is 0 Å². The zero-order valence-corrected chi connectivity index (χ0v) is 6.66. The predicted octanol–water partition coefficient (Wildman–Crippen LogP) is 0.0764. The van der Waals surface area contributed by atoms with Crippen molar-refractivity contribution in [2.75, 3.05) is 13.6 Å². The molecule has 0 atom stereocenters. The molecule has 0 fully saturated rings. The van der Waals surface area contributed by atoms with Gasteiger partial charge in [-0.2, -0.15) is 0 Å².